The molecule has 0 atom stereocenters. The van der Waals surface area contributed by atoms with Crippen LogP contribution in [0.3, 0.4) is 0 Å². The minimum atomic E-state index is -0.471. The number of amides is 1. The maximum atomic E-state index is 13.9. The summed E-state index contributed by atoms with van der Waals surface area (Å²) in [6.45, 7) is 0. The van der Waals surface area contributed by atoms with E-state index in [0.717, 1.165) is 0 Å². The smallest absolute Gasteiger partial charge is 0.257 e. The monoisotopic (exact) mass is 495 g/mol. The topological polar surface area (TPSA) is 72.5 Å². The van der Waals surface area contributed by atoms with E-state index in [2.05, 4.69) is 31.5 Å². The Morgan fingerprint density at radius 2 is 1.90 bits per heavy atom. The van der Waals surface area contributed by atoms with Gasteiger partial charge >= 0.3 is 0 Å². The molecule has 150 valence electrons. The molecule has 0 bridgehead atoms. The number of rotatable bonds is 5. The van der Waals surface area contributed by atoms with Crippen LogP contribution in [0.1, 0.15) is 10.4 Å². The minimum Gasteiger partial charge on any atom is -0.496 e. The molecule has 0 fully saturated rings. The van der Waals surface area contributed by atoms with Crippen molar-refractivity contribution in [1.29, 1.82) is 0 Å². The number of anilines is 1. The molecule has 0 aliphatic heterocycles. The van der Waals surface area contributed by atoms with Gasteiger partial charge in [-0.3, -0.25) is 10.1 Å². The highest BCUT2D eigenvalue weighted by molar-refractivity contribution is 9.10. The Balaban J connectivity index is 1.65. The molecule has 10 heteroatoms. The first-order valence-electron chi connectivity index (χ1n) is 8.16. The Morgan fingerprint density at radius 3 is 2.55 bits per heavy atom. The average molecular weight is 496 g/mol. The second-order valence-electron chi connectivity index (χ2n) is 5.64. The molecule has 0 unspecified atom stereocenters. The van der Waals surface area contributed by atoms with E-state index >= 15 is 0 Å². The molecule has 1 amide bonds. The fraction of sp³-hybridized carbons (Fsp3) is 0.105. The number of thiocarbonyl (C=S) groups is 1. The molecule has 2 N–H and O–H groups in total. The lowest BCUT2D eigenvalue weighted by Gasteiger charge is -2.09. The summed E-state index contributed by atoms with van der Waals surface area (Å²) in [6, 6.07) is 9.53. The van der Waals surface area contributed by atoms with Crippen molar-refractivity contribution in [2.24, 2.45) is 0 Å². The number of thiazole rings is 1. The maximum Gasteiger partial charge on any atom is 0.257 e. The zero-order chi connectivity index (χ0) is 21.0. The number of hydrogen-bond donors (Lipinski definition) is 2. The van der Waals surface area contributed by atoms with Crippen LogP contribution < -0.4 is 20.1 Å². The molecule has 3 rings (SSSR count). The molecule has 29 heavy (non-hydrogen) atoms. The fourth-order valence-electron chi connectivity index (χ4n) is 2.40. The molecule has 0 saturated heterocycles. The van der Waals surface area contributed by atoms with Crippen molar-refractivity contribution < 1.29 is 18.7 Å². The highest BCUT2D eigenvalue weighted by atomic mass is 79.9. The van der Waals surface area contributed by atoms with Gasteiger partial charge in [-0.1, -0.05) is 0 Å². The molecule has 6 nitrogen and oxygen atoms in total. The standard InChI is InChI=1S/C19H15BrFN3O3S2/c1-26-15-5-4-11(7-12(15)20)17(25)23-18(28)24-19-22-14(9-29-19)10-3-6-16(27-2)13(21)8-10/h3-9H,1-2H3,(H2,22,23,24,25,28). The van der Waals surface area contributed by atoms with Crippen LogP contribution >= 0.6 is 39.5 Å². The molecular weight excluding hydrogens is 481 g/mol. The van der Waals surface area contributed by atoms with Gasteiger partial charge < -0.3 is 14.8 Å². The lowest BCUT2D eigenvalue weighted by Crippen LogP contribution is -2.34. The summed E-state index contributed by atoms with van der Waals surface area (Å²) in [5.41, 5.74) is 1.59. The van der Waals surface area contributed by atoms with E-state index < -0.39 is 5.82 Å². The first kappa shape index (κ1) is 21.2. The van der Waals surface area contributed by atoms with Gasteiger partial charge in [0.25, 0.3) is 5.91 Å². The number of nitrogens with one attached hydrogen (secondary N) is 2. The van der Waals surface area contributed by atoms with Crippen LogP contribution in [0.15, 0.2) is 46.3 Å². The summed E-state index contributed by atoms with van der Waals surface area (Å²) in [5.74, 6) is -0.0651. The van der Waals surface area contributed by atoms with Crippen molar-refractivity contribution in [3.63, 3.8) is 0 Å². The zero-order valence-corrected chi connectivity index (χ0v) is 18.5. The summed E-state index contributed by atoms with van der Waals surface area (Å²) in [7, 11) is 2.95. The summed E-state index contributed by atoms with van der Waals surface area (Å²) in [5, 5.41) is 7.78. The van der Waals surface area contributed by atoms with Crippen LogP contribution in [0.2, 0.25) is 0 Å². The van der Waals surface area contributed by atoms with Gasteiger partial charge in [0.05, 0.1) is 24.4 Å². The predicted octanol–water partition coefficient (Wildman–Crippen LogP) is 4.86. The third-order valence-corrected chi connectivity index (χ3v) is 5.39. The molecule has 0 radical (unpaired) electrons. The molecule has 0 aliphatic rings. The Hall–Kier alpha value is -2.56. The summed E-state index contributed by atoms with van der Waals surface area (Å²) >= 11 is 9.80. The molecule has 1 aromatic heterocycles. The van der Waals surface area contributed by atoms with Gasteiger partial charge in [-0.05, 0) is 64.5 Å². The Morgan fingerprint density at radius 1 is 1.17 bits per heavy atom. The third-order valence-electron chi connectivity index (χ3n) is 3.81. The number of ether oxygens (including phenoxy) is 2. The van der Waals surface area contributed by atoms with Gasteiger partial charge in [0.15, 0.2) is 21.8 Å². The van der Waals surface area contributed by atoms with E-state index in [1.807, 2.05) is 0 Å². The highest BCUT2D eigenvalue weighted by Gasteiger charge is 2.13. The Bertz CT molecular complexity index is 1070. The lowest BCUT2D eigenvalue weighted by molar-refractivity contribution is 0.0977. The Kier molecular flexibility index (Phi) is 6.78. The molecule has 3 aromatic rings. The van der Waals surface area contributed by atoms with Crippen molar-refractivity contribution in [1.82, 2.24) is 10.3 Å². The van der Waals surface area contributed by atoms with Gasteiger partial charge in [-0.2, -0.15) is 0 Å². The number of nitrogens with zero attached hydrogens (tertiary/aromatic N) is 1. The number of hydrogen-bond acceptors (Lipinski definition) is 6. The van der Waals surface area contributed by atoms with Crippen LogP contribution in [0.5, 0.6) is 11.5 Å². The quantitative estimate of drug-likeness (QED) is 0.492. The molecule has 0 saturated carbocycles. The van der Waals surface area contributed by atoms with Crippen LogP contribution in [0.25, 0.3) is 11.3 Å². The van der Waals surface area contributed by atoms with E-state index in [-0.39, 0.29) is 16.8 Å². The van der Waals surface area contributed by atoms with Crippen LogP contribution in [-0.2, 0) is 0 Å². The molecular formula is C19H15BrFN3O3S2. The van der Waals surface area contributed by atoms with Gasteiger partial charge in [0.2, 0.25) is 0 Å². The molecule has 1 heterocycles. The number of aromatic nitrogens is 1. The van der Waals surface area contributed by atoms with E-state index in [1.165, 1.54) is 30.6 Å². The fourth-order valence-corrected chi connectivity index (χ4v) is 3.92. The van der Waals surface area contributed by atoms with Crippen molar-refractivity contribution in [3.8, 4) is 22.8 Å². The van der Waals surface area contributed by atoms with Gasteiger partial charge in [0, 0.05) is 16.5 Å². The van der Waals surface area contributed by atoms with Crippen molar-refractivity contribution >= 4 is 55.6 Å². The second-order valence-corrected chi connectivity index (χ2v) is 7.77. The molecule has 0 spiro atoms. The Labute approximate surface area is 184 Å². The van der Waals surface area contributed by atoms with Gasteiger partial charge in [-0.15, -0.1) is 11.3 Å². The first-order chi connectivity index (χ1) is 13.9. The van der Waals surface area contributed by atoms with Gasteiger partial charge in [-0.25, -0.2) is 9.37 Å². The lowest BCUT2D eigenvalue weighted by atomic mass is 10.1. The number of benzene rings is 2. The van der Waals surface area contributed by atoms with E-state index in [1.54, 1.807) is 36.8 Å². The molecule has 0 aliphatic carbocycles. The predicted molar refractivity (Wildman–Crippen MR) is 118 cm³/mol. The van der Waals surface area contributed by atoms with Gasteiger partial charge in [0.1, 0.15) is 5.75 Å². The third kappa shape index (κ3) is 5.08. The summed E-state index contributed by atoms with van der Waals surface area (Å²) in [6.07, 6.45) is 0. The van der Waals surface area contributed by atoms with E-state index in [0.29, 0.717) is 32.2 Å². The average Bonchev–Trinajstić information content (AvgIpc) is 3.16. The largest absolute Gasteiger partial charge is 0.496 e. The van der Waals surface area contributed by atoms with Crippen molar-refractivity contribution in [2.75, 3.05) is 19.5 Å². The van der Waals surface area contributed by atoms with Crippen LogP contribution in [-0.4, -0.2) is 30.2 Å². The van der Waals surface area contributed by atoms with Crippen LogP contribution in [0, 0.1) is 5.82 Å². The number of halogens is 2. The summed E-state index contributed by atoms with van der Waals surface area (Å²) < 4.78 is 24.6. The minimum absolute atomic E-state index is 0.101. The van der Waals surface area contributed by atoms with E-state index in [4.69, 9.17) is 21.7 Å². The SMILES string of the molecule is COc1ccc(-c2csc(NC(=S)NC(=O)c3ccc(OC)c(Br)c3)n2)cc1F. The van der Waals surface area contributed by atoms with Crippen molar-refractivity contribution in [3.05, 3.63) is 57.6 Å². The maximum absolute atomic E-state index is 13.9. The number of carbonyl (C=O) groups is 1. The zero-order valence-electron chi connectivity index (χ0n) is 15.3. The summed E-state index contributed by atoms with van der Waals surface area (Å²) in [4.78, 5) is 16.7. The first-order valence-corrected chi connectivity index (χ1v) is 10.2. The van der Waals surface area contributed by atoms with E-state index in [9.17, 15) is 9.18 Å². The highest BCUT2D eigenvalue weighted by Crippen LogP contribution is 2.28. The molecule has 2 aromatic carbocycles. The number of carbonyl (C=O) groups excluding carboxylic acids is 1. The van der Waals surface area contributed by atoms with Crippen LogP contribution in [0.4, 0.5) is 9.52 Å². The number of methoxy groups -OCH3 is 2. The normalized spacial score (nSPS) is 10.3. The van der Waals surface area contributed by atoms with Crippen molar-refractivity contribution in [2.45, 2.75) is 0 Å². The second kappa shape index (κ2) is 9.29.